The summed E-state index contributed by atoms with van der Waals surface area (Å²) in [6, 6.07) is 123. The fraction of sp³-hybridized carbons (Fsp3) is 0. The molecule has 0 aliphatic heterocycles. The summed E-state index contributed by atoms with van der Waals surface area (Å²) in [5.41, 5.74) is 21.9. The molecule has 22 aromatic rings. The van der Waals surface area contributed by atoms with Crippen molar-refractivity contribution in [2.45, 2.75) is 0 Å². The van der Waals surface area contributed by atoms with Crippen LogP contribution < -0.4 is 0 Å². The Balaban J connectivity index is 0.659. The third kappa shape index (κ3) is 9.00. The topological polar surface area (TPSA) is 40.6 Å². The van der Waals surface area contributed by atoms with Crippen molar-refractivity contribution in [3.63, 3.8) is 0 Å². The second kappa shape index (κ2) is 22.5. The molecule has 8 heteroatoms. The van der Waals surface area contributed by atoms with Crippen molar-refractivity contribution in [2.24, 2.45) is 0 Å². The highest BCUT2D eigenvalue weighted by Crippen LogP contribution is 2.45. The van der Waals surface area contributed by atoms with Crippen LogP contribution >= 0.6 is 34.0 Å². The Labute approximate surface area is 597 Å². The average Bonchev–Trinajstić information content (AvgIpc) is 1.55. The zero-order valence-electron chi connectivity index (χ0n) is 54.7. The van der Waals surface area contributed by atoms with Gasteiger partial charge < -0.3 is 13.7 Å². The Morgan fingerprint density at radius 1 is 0.176 bits per heavy atom. The highest BCUT2D eigenvalue weighted by Gasteiger charge is 2.21. The molecule has 0 fully saturated rings. The molecule has 0 saturated heterocycles. The van der Waals surface area contributed by atoms with Crippen molar-refractivity contribution in [3.8, 4) is 84.3 Å². The van der Waals surface area contributed by atoms with E-state index in [0.717, 1.165) is 78.2 Å². The molecule has 7 heterocycles. The predicted octanol–water partition coefficient (Wildman–Crippen LogP) is 26.9. The van der Waals surface area contributed by atoms with E-state index in [1.807, 2.05) is 34.0 Å². The Hall–Kier alpha value is -12.6. The van der Waals surface area contributed by atoms with E-state index >= 15 is 0 Å². The maximum absolute atomic E-state index is 5.51. The third-order valence-corrected chi connectivity index (χ3v) is 24.5. The van der Waals surface area contributed by atoms with Crippen molar-refractivity contribution in [1.29, 1.82) is 0 Å². The van der Waals surface area contributed by atoms with Crippen LogP contribution in [0.3, 0.4) is 0 Å². The van der Waals surface area contributed by atoms with Crippen LogP contribution in [0.25, 0.3) is 210 Å². The van der Waals surface area contributed by atoms with Crippen molar-refractivity contribution in [1.82, 2.24) is 23.7 Å². The smallest absolute Gasteiger partial charge is 0.160 e. The number of hydrogen-bond acceptors (Lipinski definition) is 5. The van der Waals surface area contributed by atoms with Gasteiger partial charge in [0.1, 0.15) is 0 Å². The third-order valence-electron chi connectivity index (χ3n) is 21.1. The van der Waals surface area contributed by atoms with Crippen molar-refractivity contribution >= 4 is 160 Å². The van der Waals surface area contributed by atoms with Gasteiger partial charge in [-0.15, -0.1) is 34.0 Å². The van der Waals surface area contributed by atoms with Crippen molar-refractivity contribution in [2.75, 3.05) is 0 Å². The van der Waals surface area contributed by atoms with Gasteiger partial charge in [-0.3, -0.25) is 0 Å². The van der Waals surface area contributed by atoms with E-state index in [-0.39, 0.29) is 0 Å². The number of hydrogen-bond donors (Lipinski definition) is 0. The SMILES string of the molecule is c1ccc2c(c1)sc1cc(-c3ccc4c5ccccc5n(-c5ccc(-c6cc(-c7ccc(-n8c9ccccc9c9ccc(-c%10ccc%11c(c%10)sc%10ccccc%10%11)cc98)cc7)nc(-c7ccc(-n8c9ccccc9c9ccc(-c%10ccc%11c(c%10)sc%10ccccc%10%11)cc98)cc7)n6)cc5)c4c3)ccc12. The van der Waals surface area contributed by atoms with Gasteiger partial charge in [0.25, 0.3) is 0 Å². The predicted molar refractivity (Wildman–Crippen MR) is 436 cm³/mol. The van der Waals surface area contributed by atoms with Gasteiger partial charge in [0.15, 0.2) is 5.82 Å². The summed E-state index contributed by atoms with van der Waals surface area (Å²) < 4.78 is 15.1. The highest BCUT2D eigenvalue weighted by atomic mass is 32.1. The molecule has 0 unspecified atom stereocenters. The molecule has 0 amide bonds. The van der Waals surface area contributed by atoms with E-state index in [0.29, 0.717) is 5.82 Å². The van der Waals surface area contributed by atoms with E-state index in [2.05, 4.69) is 347 Å². The monoisotopic (exact) mass is 1350 g/mol. The van der Waals surface area contributed by atoms with Gasteiger partial charge in [-0.2, -0.15) is 0 Å². The number of para-hydroxylation sites is 3. The minimum atomic E-state index is 0.649. The molecule has 0 spiro atoms. The quantitative estimate of drug-likeness (QED) is 0.144. The molecule has 7 aromatic heterocycles. The number of thiophene rings is 3. The summed E-state index contributed by atoms with van der Waals surface area (Å²) in [6.07, 6.45) is 0. The number of rotatable bonds is 9. The molecule has 5 nitrogen and oxygen atoms in total. The van der Waals surface area contributed by atoms with Gasteiger partial charge in [-0.1, -0.05) is 206 Å². The summed E-state index contributed by atoms with van der Waals surface area (Å²) in [5.74, 6) is 0.649. The zero-order valence-corrected chi connectivity index (χ0v) is 57.2. The molecule has 0 atom stereocenters. The van der Waals surface area contributed by atoms with Crippen LogP contribution in [0, 0.1) is 0 Å². The van der Waals surface area contributed by atoms with Crippen molar-refractivity contribution in [3.05, 3.63) is 334 Å². The molecule has 0 N–H and O–H groups in total. The Morgan fingerprint density at radius 3 is 0.755 bits per heavy atom. The first-order chi connectivity index (χ1) is 50.5. The lowest BCUT2D eigenvalue weighted by molar-refractivity contribution is 1.16. The molecule has 22 rings (SSSR count). The lowest BCUT2D eigenvalue weighted by Gasteiger charge is -2.13. The number of aromatic nitrogens is 5. The molecule has 0 radical (unpaired) electrons. The molecule has 0 bridgehead atoms. The number of benzene rings is 15. The van der Waals surface area contributed by atoms with Crippen LogP contribution in [0.1, 0.15) is 0 Å². The summed E-state index contributed by atoms with van der Waals surface area (Å²) in [5, 5.41) is 15.2. The Bertz CT molecular complexity index is 6540. The van der Waals surface area contributed by atoms with Gasteiger partial charge in [0, 0.05) is 127 Å². The molecule has 102 heavy (non-hydrogen) atoms. The second-order valence-corrected chi connectivity index (χ2v) is 30.0. The molecule has 0 aliphatic rings. The fourth-order valence-electron chi connectivity index (χ4n) is 16.2. The maximum atomic E-state index is 5.51. The summed E-state index contributed by atoms with van der Waals surface area (Å²) >= 11 is 5.58. The first-order valence-corrected chi connectivity index (χ1v) is 37.0. The largest absolute Gasteiger partial charge is 0.309 e. The summed E-state index contributed by atoms with van der Waals surface area (Å²) in [4.78, 5) is 11.0. The zero-order chi connectivity index (χ0) is 66.7. The number of nitrogens with zero attached hydrogens (tertiary/aromatic N) is 5. The van der Waals surface area contributed by atoms with Crippen LogP contribution in [0.2, 0.25) is 0 Å². The molecule has 15 aromatic carbocycles. The van der Waals surface area contributed by atoms with Crippen molar-refractivity contribution < 1.29 is 0 Å². The Morgan fingerprint density at radius 2 is 0.422 bits per heavy atom. The lowest BCUT2D eigenvalue weighted by atomic mass is 10.0. The van der Waals surface area contributed by atoms with Crippen LogP contribution in [-0.2, 0) is 0 Å². The van der Waals surface area contributed by atoms with E-state index in [4.69, 9.17) is 9.97 Å². The first-order valence-electron chi connectivity index (χ1n) is 34.6. The molecular formula is C94H55N5S3. The minimum Gasteiger partial charge on any atom is -0.309 e. The standard InChI is InChI=1S/C94H55N5S3/c1-7-19-82-68(13-1)71-43-31-59(62-34-46-77-74-16-4-10-22-88(74)100-91(77)52-62)49-85(71)97(82)65-37-25-56(26-38-65)80-55-81(57-27-39-66(40-28-57)98-83-20-8-2-14-69(83)72-44-32-60(50-86(72)98)63-35-47-78-75-17-5-11-23-89(75)101-92(78)53-63)96-94(95-80)58-29-41-67(42-30-58)99-84-21-9-3-15-70(84)73-45-33-61(51-87(73)99)64-36-48-79-76-18-6-12-24-90(76)102-93(79)54-64/h1-55H. The maximum Gasteiger partial charge on any atom is 0.160 e. The minimum absolute atomic E-state index is 0.649. The van der Waals surface area contributed by atoms with Gasteiger partial charge in [-0.25, -0.2) is 9.97 Å². The van der Waals surface area contributed by atoms with E-state index in [9.17, 15) is 0 Å². The van der Waals surface area contributed by atoms with E-state index < -0.39 is 0 Å². The normalized spacial score (nSPS) is 12.1. The van der Waals surface area contributed by atoms with Gasteiger partial charge in [-0.05, 0) is 161 Å². The van der Waals surface area contributed by atoms with E-state index in [1.54, 1.807) is 0 Å². The fourth-order valence-corrected chi connectivity index (χ4v) is 19.6. The molecule has 0 aliphatic carbocycles. The van der Waals surface area contributed by atoms with Gasteiger partial charge >= 0.3 is 0 Å². The Kier molecular flexibility index (Phi) is 12.6. The summed E-state index contributed by atoms with van der Waals surface area (Å²) in [7, 11) is 0. The molecule has 474 valence electrons. The second-order valence-electron chi connectivity index (χ2n) is 26.8. The van der Waals surface area contributed by atoms with Crippen LogP contribution in [0.15, 0.2) is 334 Å². The lowest BCUT2D eigenvalue weighted by Crippen LogP contribution is -1.99. The van der Waals surface area contributed by atoms with E-state index in [1.165, 1.54) is 126 Å². The van der Waals surface area contributed by atoms with Gasteiger partial charge in [0.2, 0.25) is 0 Å². The van der Waals surface area contributed by atoms with Gasteiger partial charge in [0.05, 0.1) is 44.5 Å². The number of fused-ring (bicyclic) bond motifs is 18. The summed E-state index contributed by atoms with van der Waals surface area (Å²) in [6.45, 7) is 0. The van der Waals surface area contributed by atoms with Crippen LogP contribution in [0.4, 0.5) is 0 Å². The average molecular weight is 1350 g/mol. The molecule has 0 saturated carbocycles. The van der Waals surface area contributed by atoms with Crippen LogP contribution in [-0.4, -0.2) is 23.7 Å². The first kappa shape index (κ1) is 57.4. The molecular weight excluding hydrogens is 1300 g/mol. The van der Waals surface area contributed by atoms with Crippen LogP contribution in [0.5, 0.6) is 0 Å². The highest BCUT2D eigenvalue weighted by molar-refractivity contribution is 7.26.